The van der Waals surface area contributed by atoms with E-state index in [4.69, 9.17) is 5.73 Å². The van der Waals surface area contributed by atoms with Crippen molar-refractivity contribution in [3.63, 3.8) is 0 Å². The molecule has 2 N–H and O–H groups in total. The number of nitrogens with two attached hydrogens (primary N) is 1. The molecule has 6 heteroatoms. The van der Waals surface area contributed by atoms with E-state index in [1.54, 1.807) is 6.08 Å². The zero-order chi connectivity index (χ0) is 13.3. The third-order valence-electron chi connectivity index (χ3n) is 3.71. The third-order valence-corrected chi connectivity index (χ3v) is 3.71. The van der Waals surface area contributed by atoms with Crippen LogP contribution in [0.3, 0.4) is 0 Å². The molecule has 0 bridgehead atoms. The third kappa shape index (κ3) is 2.54. The molecule has 100 valence electrons. The van der Waals surface area contributed by atoms with Crippen molar-refractivity contribution in [2.24, 2.45) is 5.73 Å². The molecule has 2 aliphatic rings. The minimum absolute atomic E-state index is 0.240. The van der Waals surface area contributed by atoms with Crippen LogP contribution in [0.15, 0.2) is 24.0 Å². The van der Waals surface area contributed by atoms with E-state index in [0.717, 1.165) is 31.6 Å². The molecule has 0 aromatic rings. The Labute approximate surface area is 107 Å². The molecule has 0 aromatic heterocycles. The van der Waals surface area contributed by atoms with Crippen LogP contribution in [0.2, 0.25) is 0 Å². The first kappa shape index (κ1) is 13.0. The van der Waals surface area contributed by atoms with Crippen LogP contribution < -0.4 is 5.73 Å². The Hall–Kier alpha value is -1.40. The highest BCUT2D eigenvalue weighted by molar-refractivity contribution is 5.19. The van der Waals surface area contributed by atoms with E-state index in [2.05, 4.69) is 4.90 Å². The maximum atomic E-state index is 11.0. The summed E-state index contributed by atoms with van der Waals surface area (Å²) in [7, 11) is 3.71. The van der Waals surface area contributed by atoms with Crippen LogP contribution in [0.5, 0.6) is 0 Å². The molecule has 1 atom stereocenters. The van der Waals surface area contributed by atoms with E-state index in [0.29, 0.717) is 6.04 Å². The number of rotatable bonds is 2. The minimum atomic E-state index is -0.694. The lowest BCUT2D eigenvalue weighted by molar-refractivity contribution is -0.948. The second-order valence-corrected chi connectivity index (χ2v) is 5.57. The summed E-state index contributed by atoms with van der Waals surface area (Å²) in [5, 5.41) is 11.0. The topological polar surface area (TPSA) is 72.4 Å². The molecule has 1 saturated heterocycles. The highest BCUT2D eigenvalue weighted by Gasteiger charge is 2.38. The van der Waals surface area contributed by atoms with Crippen molar-refractivity contribution >= 4 is 0 Å². The normalized spacial score (nSPS) is 28.1. The zero-order valence-corrected chi connectivity index (χ0v) is 11.0. The predicted molar refractivity (Wildman–Crippen MR) is 68.9 cm³/mol. The lowest BCUT2D eigenvalue weighted by Crippen LogP contribution is -2.50. The summed E-state index contributed by atoms with van der Waals surface area (Å²) in [6.45, 7) is 1.86. The molecule has 2 aliphatic heterocycles. The minimum Gasteiger partial charge on any atom is -0.367 e. The maximum Gasteiger partial charge on any atom is 0.360 e. The summed E-state index contributed by atoms with van der Waals surface area (Å²) in [5.41, 5.74) is 6.96. The highest BCUT2D eigenvalue weighted by atomic mass is 16.6. The second-order valence-electron chi connectivity index (χ2n) is 5.57. The van der Waals surface area contributed by atoms with Crippen molar-refractivity contribution in [3.05, 3.63) is 34.2 Å². The summed E-state index contributed by atoms with van der Waals surface area (Å²) < 4.78 is 0.251. The Morgan fingerprint density at radius 1 is 1.44 bits per heavy atom. The van der Waals surface area contributed by atoms with Crippen LogP contribution in [0, 0.1) is 10.1 Å². The molecule has 0 spiro atoms. The summed E-state index contributed by atoms with van der Waals surface area (Å²) >= 11 is 0. The van der Waals surface area contributed by atoms with Crippen molar-refractivity contribution < 1.29 is 9.41 Å². The van der Waals surface area contributed by atoms with Gasteiger partial charge in [0.15, 0.2) is 0 Å². The van der Waals surface area contributed by atoms with Gasteiger partial charge in [-0.2, -0.15) is 0 Å². The van der Waals surface area contributed by atoms with E-state index >= 15 is 0 Å². The van der Waals surface area contributed by atoms with E-state index in [1.807, 2.05) is 26.4 Å². The second kappa shape index (κ2) is 4.70. The molecule has 0 radical (unpaired) electrons. The number of allylic oxidation sites excluding steroid dienone is 1. The number of hydrogen-bond acceptors (Lipinski definition) is 4. The molecule has 0 aromatic carbocycles. The fourth-order valence-corrected chi connectivity index (χ4v) is 2.52. The van der Waals surface area contributed by atoms with Gasteiger partial charge in [-0.15, -0.1) is 0 Å². The average molecular weight is 253 g/mol. The van der Waals surface area contributed by atoms with Crippen LogP contribution in [0.1, 0.15) is 12.8 Å². The van der Waals surface area contributed by atoms with Gasteiger partial charge >= 0.3 is 6.17 Å². The Kier molecular flexibility index (Phi) is 3.41. The largest absolute Gasteiger partial charge is 0.367 e. The van der Waals surface area contributed by atoms with Gasteiger partial charge in [0.05, 0.1) is 30.8 Å². The van der Waals surface area contributed by atoms with Gasteiger partial charge in [0.2, 0.25) is 0 Å². The highest BCUT2D eigenvalue weighted by Crippen LogP contribution is 2.23. The lowest BCUT2D eigenvalue weighted by atomic mass is 10.0. The summed E-state index contributed by atoms with van der Waals surface area (Å²) in [5.74, 6) is 0. The van der Waals surface area contributed by atoms with Gasteiger partial charge in [-0.1, -0.05) is 0 Å². The zero-order valence-electron chi connectivity index (χ0n) is 11.0. The first-order valence-corrected chi connectivity index (χ1v) is 6.28. The van der Waals surface area contributed by atoms with Crippen LogP contribution in [-0.4, -0.2) is 53.7 Å². The van der Waals surface area contributed by atoms with Crippen molar-refractivity contribution in [1.29, 1.82) is 0 Å². The smallest absolute Gasteiger partial charge is 0.360 e. The number of nitro groups is 1. The predicted octanol–water partition coefficient (Wildman–Crippen LogP) is 0.500. The summed E-state index contributed by atoms with van der Waals surface area (Å²) in [6, 6.07) is 0.295. The van der Waals surface area contributed by atoms with Crippen LogP contribution in [0.4, 0.5) is 0 Å². The standard InChI is InChI=1S/C12H21N4O2/c1-16(2)9-11(3-4-12(16)15(17)18)14-7-5-10(13)6-8-14/h3-4,9-10,12H,5-8,13H2,1-2H3/q+1. The van der Waals surface area contributed by atoms with Crippen LogP contribution in [0.25, 0.3) is 0 Å². The summed E-state index contributed by atoms with van der Waals surface area (Å²) in [4.78, 5) is 13.0. The maximum absolute atomic E-state index is 11.0. The SMILES string of the molecule is C[N+]1(C)C=C(N2CCC(N)CC2)C=CC1[N+](=O)[O-]. The van der Waals surface area contributed by atoms with Crippen molar-refractivity contribution in [1.82, 2.24) is 4.90 Å². The average Bonchev–Trinajstić information content (AvgIpc) is 2.28. The number of piperidine rings is 1. The fourth-order valence-electron chi connectivity index (χ4n) is 2.52. The van der Waals surface area contributed by atoms with Gasteiger partial charge in [0, 0.05) is 19.1 Å². The molecule has 0 saturated carbocycles. The number of likely N-dealkylation sites (N-methyl/N-ethyl adjacent to an activating group) is 1. The Morgan fingerprint density at radius 3 is 2.56 bits per heavy atom. The van der Waals surface area contributed by atoms with Crippen molar-refractivity contribution in [2.75, 3.05) is 27.2 Å². The quantitative estimate of drug-likeness (QED) is 0.442. The first-order chi connectivity index (χ1) is 8.40. The molecular formula is C12H21N4O2+. The van der Waals surface area contributed by atoms with Gasteiger partial charge in [0.1, 0.15) is 6.20 Å². The van der Waals surface area contributed by atoms with Gasteiger partial charge in [-0.25, -0.2) is 4.48 Å². The Morgan fingerprint density at radius 2 is 2.06 bits per heavy atom. The Bertz CT molecular complexity index is 395. The van der Waals surface area contributed by atoms with Gasteiger partial charge in [-0.3, -0.25) is 10.1 Å². The van der Waals surface area contributed by atoms with E-state index in [-0.39, 0.29) is 9.41 Å². The number of hydrogen-bond donors (Lipinski definition) is 1. The van der Waals surface area contributed by atoms with Gasteiger partial charge in [0.25, 0.3) is 0 Å². The molecule has 0 aliphatic carbocycles. The van der Waals surface area contributed by atoms with E-state index in [1.165, 1.54) is 0 Å². The number of quaternary nitrogens is 1. The van der Waals surface area contributed by atoms with E-state index < -0.39 is 6.17 Å². The molecule has 0 amide bonds. The molecule has 2 rings (SSSR count). The Balaban J connectivity index is 2.12. The monoisotopic (exact) mass is 253 g/mol. The molecule has 1 fully saturated rings. The van der Waals surface area contributed by atoms with Crippen molar-refractivity contribution in [2.45, 2.75) is 25.0 Å². The molecule has 18 heavy (non-hydrogen) atoms. The van der Waals surface area contributed by atoms with Crippen LogP contribution in [-0.2, 0) is 0 Å². The first-order valence-electron chi connectivity index (χ1n) is 6.28. The number of likely N-dealkylation sites (tertiary alicyclic amines) is 1. The number of nitrogens with zero attached hydrogens (tertiary/aromatic N) is 3. The molecule has 1 unspecified atom stereocenters. The van der Waals surface area contributed by atoms with Crippen LogP contribution >= 0.6 is 0 Å². The van der Waals surface area contributed by atoms with E-state index in [9.17, 15) is 10.1 Å². The lowest BCUT2D eigenvalue weighted by Gasteiger charge is -2.36. The molecular weight excluding hydrogens is 232 g/mol. The van der Waals surface area contributed by atoms with Crippen molar-refractivity contribution in [3.8, 4) is 0 Å². The van der Waals surface area contributed by atoms with Gasteiger partial charge < -0.3 is 10.6 Å². The summed E-state index contributed by atoms with van der Waals surface area (Å²) in [6.07, 6.45) is 6.79. The molecule has 6 nitrogen and oxygen atoms in total. The molecule has 2 heterocycles. The van der Waals surface area contributed by atoms with Gasteiger partial charge in [-0.05, 0) is 18.9 Å². The fraction of sp³-hybridized carbons (Fsp3) is 0.667.